The quantitative estimate of drug-likeness (QED) is 0.459. The molecule has 0 unspecified atom stereocenters. The van der Waals surface area contributed by atoms with Crippen LogP contribution in [-0.4, -0.2) is 18.5 Å². The van der Waals surface area contributed by atoms with Crippen molar-refractivity contribution in [2.24, 2.45) is 0 Å². The highest BCUT2D eigenvalue weighted by atomic mass is 19.1. The molecule has 2 rings (SSSR count). The molecular weight excluding hydrogens is 299 g/mol. The molecule has 0 heterocycles. The smallest absolute Gasteiger partial charge is 0.344 e. The molecule has 5 heteroatoms. The van der Waals surface area contributed by atoms with Gasteiger partial charge in [0.1, 0.15) is 11.6 Å². The molecule has 0 saturated carbocycles. The predicted octanol–water partition coefficient (Wildman–Crippen LogP) is 4.00. The van der Waals surface area contributed by atoms with E-state index in [2.05, 4.69) is 0 Å². The molecule has 0 saturated heterocycles. The first-order chi connectivity index (χ1) is 11.1. The highest BCUT2D eigenvalue weighted by molar-refractivity contribution is 6.03. The number of carbonyl (C=O) groups is 2. The summed E-state index contributed by atoms with van der Waals surface area (Å²) in [6.45, 7) is 2.28. The topological polar surface area (TPSA) is 52.6 Å². The van der Waals surface area contributed by atoms with E-state index < -0.39 is 17.8 Å². The Labute approximate surface area is 133 Å². The van der Waals surface area contributed by atoms with E-state index in [0.717, 1.165) is 18.9 Å². The third-order valence-electron chi connectivity index (χ3n) is 3.10. The maximum Gasteiger partial charge on any atom is 0.344 e. The van der Waals surface area contributed by atoms with Crippen molar-refractivity contribution < 1.29 is 23.5 Å². The first-order valence-corrected chi connectivity index (χ1v) is 7.35. The summed E-state index contributed by atoms with van der Waals surface area (Å²) in [5.41, 5.74) is 0.211. The molecule has 4 nitrogen and oxygen atoms in total. The highest BCUT2D eigenvalue weighted by Crippen LogP contribution is 2.17. The zero-order chi connectivity index (χ0) is 16.7. The van der Waals surface area contributed by atoms with Crippen LogP contribution < -0.4 is 4.74 Å². The lowest BCUT2D eigenvalue weighted by molar-refractivity contribution is 0.0491. The minimum absolute atomic E-state index is 0.0733. The van der Waals surface area contributed by atoms with Crippen molar-refractivity contribution in [1.82, 2.24) is 0 Å². The molecule has 2 aromatic carbocycles. The zero-order valence-corrected chi connectivity index (χ0v) is 12.8. The summed E-state index contributed by atoms with van der Waals surface area (Å²) in [6, 6.07) is 11.5. The van der Waals surface area contributed by atoms with Crippen molar-refractivity contribution in [3.63, 3.8) is 0 Å². The maximum absolute atomic E-state index is 13.1. The summed E-state index contributed by atoms with van der Waals surface area (Å²) >= 11 is 0. The molecule has 0 bridgehead atoms. The van der Waals surface area contributed by atoms with Gasteiger partial charge >= 0.3 is 11.9 Å². The average molecular weight is 316 g/mol. The Hall–Kier alpha value is -2.69. The number of rotatable bonds is 6. The van der Waals surface area contributed by atoms with Crippen molar-refractivity contribution in [2.45, 2.75) is 19.8 Å². The molecule has 0 atom stereocenters. The van der Waals surface area contributed by atoms with Crippen LogP contribution in [0, 0.1) is 5.82 Å². The van der Waals surface area contributed by atoms with Crippen LogP contribution in [0.15, 0.2) is 48.5 Å². The van der Waals surface area contributed by atoms with Gasteiger partial charge in [0, 0.05) is 6.07 Å². The molecule has 2 aromatic rings. The van der Waals surface area contributed by atoms with Gasteiger partial charge in [-0.05, 0) is 30.7 Å². The number of halogens is 1. The molecule has 0 aliphatic heterocycles. The summed E-state index contributed by atoms with van der Waals surface area (Å²) < 4.78 is 23.4. The van der Waals surface area contributed by atoms with Crippen LogP contribution in [0.5, 0.6) is 5.75 Å². The number of hydrogen-bond donors (Lipinski definition) is 0. The van der Waals surface area contributed by atoms with E-state index in [4.69, 9.17) is 9.47 Å². The Morgan fingerprint density at radius 3 is 2.35 bits per heavy atom. The molecule has 0 spiro atoms. The third-order valence-corrected chi connectivity index (χ3v) is 3.10. The van der Waals surface area contributed by atoms with Crippen LogP contribution in [0.3, 0.4) is 0 Å². The molecule has 0 amide bonds. The molecule has 0 radical (unpaired) electrons. The van der Waals surface area contributed by atoms with Gasteiger partial charge in [0.25, 0.3) is 0 Å². The highest BCUT2D eigenvalue weighted by Gasteiger charge is 2.19. The van der Waals surface area contributed by atoms with Gasteiger partial charge in [0.2, 0.25) is 0 Å². The SMILES string of the molecule is CCCCOC(=O)c1ccccc1C(=O)Oc1cccc(F)c1. The number of esters is 2. The van der Waals surface area contributed by atoms with Gasteiger partial charge < -0.3 is 9.47 Å². The number of ether oxygens (including phenoxy) is 2. The molecule has 23 heavy (non-hydrogen) atoms. The van der Waals surface area contributed by atoms with Crippen molar-refractivity contribution in [3.8, 4) is 5.75 Å². The van der Waals surface area contributed by atoms with Crippen molar-refractivity contribution in [1.29, 1.82) is 0 Å². The average Bonchev–Trinajstić information content (AvgIpc) is 2.55. The van der Waals surface area contributed by atoms with Gasteiger partial charge in [-0.3, -0.25) is 0 Å². The number of unbranched alkanes of at least 4 members (excludes halogenated alkanes) is 1. The third kappa shape index (κ3) is 4.64. The minimum Gasteiger partial charge on any atom is -0.462 e. The van der Waals surface area contributed by atoms with E-state index in [-0.39, 0.29) is 16.9 Å². The second-order valence-corrected chi connectivity index (χ2v) is 4.88. The number of benzene rings is 2. The first-order valence-electron chi connectivity index (χ1n) is 7.35. The Balaban J connectivity index is 2.15. The summed E-state index contributed by atoms with van der Waals surface area (Å²) in [7, 11) is 0. The summed E-state index contributed by atoms with van der Waals surface area (Å²) in [4.78, 5) is 24.3. The summed E-state index contributed by atoms with van der Waals surface area (Å²) in [5.74, 6) is -1.75. The molecule has 0 fully saturated rings. The van der Waals surface area contributed by atoms with Gasteiger partial charge in [0.15, 0.2) is 0 Å². The van der Waals surface area contributed by atoms with Crippen LogP contribution in [0.2, 0.25) is 0 Å². The standard InChI is InChI=1S/C18H17FO4/c1-2-3-11-22-17(20)15-9-4-5-10-16(15)18(21)23-14-8-6-7-13(19)12-14/h4-10,12H,2-3,11H2,1H3. The van der Waals surface area contributed by atoms with Gasteiger partial charge in [0.05, 0.1) is 17.7 Å². The van der Waals surface area contributed by atoms with Gasteiger partial charge in [-0.15, -0.1) is 0 Å². The Morgan fingerprint density at radius 1 is 1.00 bits per heavy atom. The van der Waals surface area contributed by atoms with Gasteiger partial charge in [-0.2, -0.15) is 0 Å². The Bertz CT molecular complexity index is 697. The van der Waals surface area contributed by atoms with Crippen molar-refractivity contribution in [2.75, 3.05) is 6.61 Å². The fourth-order valence-corrected chi connectivity index (χ4v) is 1.92. The predicted molar refractivity (Wildman–Crippen MR) is 83.0 cm³/mol. The Morgan fingerprint density at radius 2 is 1.70 bits per heavy atom. The monoisotopic (exact) mass is 316 g/mol. The second kappa shape index (κ2) is 8.08. The van der Waals surface area contributed by atoms with Crippen molar-refractivity contribution in [3.05, 3.63) is 65.5 Å². The largest absolute Gasteiger partial charge is 0.462 e. The van der Waals surface area contributed by atoms with Crippen LogP contribution in [0.25, 0.3) is 0 Å². The van der Waals surface area contributed by atoms with E-state index >= 15 is 0 Å². The van der Waals surface area contributed by atoms with Crippen LogP contribution >= 0.6 is 0 Å². The van der Waals surface area contributed by atoms with E-state index in [1.54, 1.807) is 12.1 Å². The van der Waals surface area contributed by atoms with E-state index in [1.165, 1.54) is 30.3 Å². The molecular formula is C18H17FO4. The Kier molecular flexibility index (Phi) is 5.86. The van der Waals surface area contributed by atoms with Crippen LogP contribution in [0.1, 0.15) is 40.5 Å². The molecule has 0 N–H and O–H groups in total. The van der Waals surface area contributed by atoms with Crippen molar-refractivity contribution >= 4 is 11.9 Å². The fourth-order valence-electron chi connectivity index (χ4n) is 1.92. The second-order valence-electron chi connectivity index (χ2n) is 4.88. The van der Waals surface area contributed by atoms with Gasteiger partial charge in [-0.1, -0.05) is 31.5 Å². The lowest BCUT2D eigenvalue weighted by Gasteiger charge is -2.09. The van der Waals surface area contributed by atoms with Gasteiger partial charge in [-0.25, -0.2) is 14.0 Å². The normalized spacial score (nSPS) is 10.2. The van der Waals surface area contributed by atoms with E-state index in [0.29, 0.717) is 6.61 Å². The summed E-state index contributed by atoms with van der Waals surface area (Å²) in [5, 5.41) is 0. The molecule has 0 aromatic heterocycles. The summed E-state index contributed by atoms with van der Waals surface area (Å²) in [6.07, 6.45) is 1.65. The molecule has 0 aliphatic rings. The molecule has 120 valence electrons. The fraction of sp³-hybridized carbons (Fsp3) is 0.222. The van der Waals surface area contributed by atoms with E-state index in [9.17, 15) is 14.0 Å². The van der Waals surface area contributed by atoms with Crippen LogP contribution in [0.4, 0.5) is 4.39 Å². The number of carbonyl (C=O) groups excluding carboxylic acids is 2. The van der Waals surface area contributed by atoms with E-state index in [1.807, 2.05) is 6.92 Å². The minimum atomic E-state index is -0.737. The lowest BCUT2D eigenvalue weighted by Crippen LogP contribution is -2.16. The van der Waals surface area contributed by atoms with Crippen LogP contribution in [-0.2, 0) is 4.74 Å². The molecule has 0 aliphatic carbocycles. The first kappa shape index (κ1) is 16.7. The zero-order valence-electron chi connectivity index (χ0n) is 12.8. The lowest BCUT2D eigenvalue weighted by atomic mass is 10.1. The maximum atomic E-state index is 13.1. The number of hydrogen-bond acceptors (Lipinski definition) is 4.